The first-order valence-electron chi connectivity index (χ1n) is 34.9. The summed E-state index contributed by atoms with van der Waals surface area (Å²) in [6.45, 7) is 8.30. The van der Waals surface area contributed by atoms with E-state index >= 15 is 0 Å². The minimum absolute atomic E-state index is 0.0947. The van der Waals surface area contributed by atoms with E-state index in [0.717, 1.165) is 86.1 Å². The van der Waals surface area contributed by atoms with Gasteiger partial charge in [-0.3, -0.25) is 33.7 Å². The summed E-state index contributed by atoms with van der Waals surface area (Å²) >= 11 is 11.3. The zero-order valence-electron chi connectivity index (χ0n) is 61.2. The van der Waals surface area contributed by atoms with Crippen LogP contribution in [0.4, 0.5) is 15.8 Å². The highest BCUT2D eigenvalue weighted by Gasteiger charge is 2.51. The van der Waals surface area contributed by atoms with Gasteiger partial charge in [0.1, 0.15) is 5.82 Å². The van der Waals surface area contributed by atoms with Gasteiger partial charge in [-0.25, -0.2) is 4.39 Å². The molecule has 19 rings (SSSR count). The van der Waals surface area contributed by atoms with Crippen molar-refractivity contribution in [1.82, 2.24) is 59.5 Å². The summed E-state index contributed by atoms with van der Waals surface area (Å²) in [5.41, 5.74) is 23.6. The number of carbonyl (C=O) groups is 1. The molecule has 26 heteroatoms. The van der Waals surface area contributed by atoms with E-state index in [9.17, 15) is 9.18 Å². The Morgan fingerprint density at radius 2 is 0.855 bits per heavy atom. The molecule has 11 aromatic carbocycles. The Hall–Kier alpha value is -10.2. The van der Waals surface area contributed by atoms with Crippen molar-refractivity contribution in [1.29, 1.82) is 0 Å². The molecule has 0 bridgehead atoms. The van der Waals surface area contributed by atoms with Crippen molar-refractivity contribution in [2.75, 3.05) is 11.1 Å². The summed E-state index contributed by atoms with van der Waals surface area (Å²) in [6.07, 6.45) is 11.4. The Labute approximate surface area is 679 Å². The van der Waals surface area contributed by atoms with Crippen LogP contribution in [0.2, 0.25) is 0 Å². The third-order valence-corrected chi connectivity index (χ3v) is 21.7. The van der Waals surface area contributed by atoms with Gasteiger partial charge in [0.05, 0.1) is 87.9 Å². The summed E-state index contributed by atoms with van der Waals surface area (Å²) in [7, 11) is 6.11. The molecule has 19 nitrogen and oxygen atoms in total. The molecule has 2 aliphatic rings. The average Bonchev–Trinajstić information content (AvgIpc) is 1.64. The van der Waals surface area contributed by atoms with Crippen molar-refractivity contribution in [3.63, 3.8) is 0 Å². The molecular weight excluding hydrogens is 1740 g/mol. The third kappa shape index (κ3) is 18.5. The van der Waals surface area contributed by atoms with E-state index in [4.69, 9.17) is 25.1 Å². The summed E-state index contributed by atoms with van der Waals surface area (Å²) < 4.78 is 38.8. The lowest BCUT2D eigenvalue weighted by Crippen LogP contribution is -2.41. The van der Waals surface area contributed by atoms with Crippen LogP contribution in [0.15, 0.2) is 265 Å². The third-order valence-electron chi connectivity index (χ3n) is 19.3. The van der Waals surface area contributed by atoms with Crippen molar-refractivity contribution < 1.29 is 28.5 Å². The molecule has 1 fully saturated rings. The van der Waals surface area contributed by atoms with Crippen LogP contribution in [0.25, 0.3) is 110 Å². The Kier molecular flexibility index (Phi) is 24.1. The van der Waals surface area contributed by atoms with Gasteiger partial charge in [-0.05, 0) is 256 Å². The van der Waals surface area contributed by atoms with Crippen LogP contribution < -0.4 is 22.0 Å². The second-order valence-corrected chi connectivity index (χ2v) is 31.7. The number of hydrogen-bond acceptors (Lipinski definition) is 12. The molecule has 0 atom stereocenters. The number of aromatic nitrogens is 12. The Balaban J connectivity index is 0.000000118. The number of rotatable bonds is 6. The number of aromatic amines is 2. The predicted octanol–water partition coefficient (Wildman–Crippen LogP) is 17.7. The average molecular weight is 1810 g/mol. The second kappa shape index (κ2) is 34.0. The lowest BCUT2D eigenvalue weighted by molar-refractivity contribution is -0.115. The van der Waals surface area contributed by atoms with Gasteiger partial charge in [0.15, 0.2) is 0 Å². The minimum atomic E-state index is -1.37. The molecule has 2 aliphatic heterocycles. The van der Waals surface area contributed by atoms with Gasteiger partial charge in [0.25, 0.3) is 0 Å². The SMILES string of the molecule is Cn1ncc2cc(-c3ccc(-c4cc5c(cc4F)NC(=O)C5)cc3)ccc21.Cn1ncc2cc(-c3ccc(B4OC(C)(C)C(C)(C)O4)cc3)ccc21.Cn1ncc2cc(-c3ccc(Br)cc3)ccc21.Cn1ncc2cc(I)ccc21.Ic1ccc2[nH]ncc2c1.Nc1ccc2[nH]ncc2c1.OB(O)c1ccc(Br)cc1. The molecular formula is C84H75B2Br2FI2N14O5. The number of benzene rings is 11. The Morgan fingerprint density at radius 1 is 0.473 bits per heavy atom. The summed E-state index contributed by atoms with van der Waals surface area (Å²) in [6, 6.07) is 71.7. The molecule has 17 aromatic rings. The monoisotopic (exact) mass is 1810 g/mol. The summed E-state index contributed by atoms with van der Waals surface area (Å²) in [5.74, 6) is -0.428. The van der Waals surface area contributed by atoms with E-state index < -0.39 is 7.12 Å². The van der Waals surface area contributed by atoms with Crippen LogP contribution in [-0.4, -0.2) is 101 Å². The number of H-pyrrole nitrogens is 2. The highest BCUT2D eigenvalue weighted by molar-refractivity contribution is 14.1. The standard InChI is InChI=1S/C22H16FN3O.C20H23BN2O2.C14H11BrN2.C8H7IN2.C7H5IN2.C7H7N3.C6H6BBrO2/c1-26-21-7-6-15(8-17(21)12-24-26)13-2-4-14(5-3-13)18-9-16-10-22(27)25-20(16)11-19(18)23;1-19(2)20(3,4)25-21(24-19)17-9-6-14(7-10-17)15-8-11-18-16(12-15)13-22-23(18)5;1-17-14-7-4-11(8-12(14)9-16-17)10-2-5-13(15)6-3-10;1-11-8-3-2-7(9)4-6(8)5-10-11;2*8-6-1-2-7-5(3-6)4-9-10-7;8-6-3-1-5(2-4-6)7(9)10/h2-9,11-12H,10H2,1H3,(H,25,27);6-13H,1-5H3;2-9H,1H3;2-5H,1H3;1-4H,(H,9,10);1-4H,8H2,(H,9,10);1-4,9-10H. The van der Waals surface area contributed by atoms with E-state index in [-0.39, 0.29) is 30.0 Å². The topological polar surface area (TPSA) is 243 Å². The maximum absolute atomic E-state index is 14.5. The molecule has 8 heterocycles. The van der Waals surface area contributed by atoms with Gasteiger partial charge in [-0.2, -0.15) is 30.6 Å². The Bertz CT molecular complexity index is 6020. The van der Waals surface area contributed by atoms with Gasteiger partial charge in [-0.1, -0.05) is 123 Å². The fraction of sp³-hybridized carbons (Fsp3) is 0.131. The van der Waals surface area contributed by atoms with Gasteiger partial charge in [-0.15, -0.1) is 0 Å². The zero-order chi connectivity index (χ0) is 77.5. The largest absolute Gasteiger partial charge is 0.494 e. The maximum atomic E-state index is 14.5. The number of fused-ring (bicyclic) bond motifs is 7. The number of amides is 1. The number of anilines is 2. The van der Waals surface area contributed by atoms with Crippen molar-refractivity contribution in [3.05, 3.63) is 283 Å². The van der Waals surface area contributed by atoms with Crippen LogP contribution in [0.5, 0.6) is 0 Å². The second-order valence-electron chi connectivity index (χ2n) is 27.3. The van der Waals surface area contributed by atoms with Crippen LogP contribution in [-0.2, 0) is 48.7 Å². The van der Waals surface area contributed by atoms with Gasteiger partial charge < -0.3 is 30.4 Å². The normalized spacial score (nSPS) is 13.0. The van der Waals surface area contributed by atoms with E-state index in [1.54, 1.807) is 36.5 Å². The number of nitrogens with one attached hydrogen (secondary N) is 3. The van der Waals surface area contributed by atoms with Crippen molar-refractivity contribution in [2.45, 2.75) is 45.3 Å². The van der Waals surface area contributed by atoms with E-state index in [1.165, 1.54) is 57.1 Å². The first-order valence-corrected chi connectivity index (χ1v) is 38.7. The van der Waals surface area contributed by atoms with Crippen molar-refractivity contribution in [3.8, 4) is 44.5 Å². The van der Waals surface area contributed by atoms with E-state index in [0.29, 0.717) is 23.1 Å². The van der Waals surface area contributed by atoms with E-state index in [2.05, 4.69) is 284 Å². The molecule has 0 spiro atoms. The Morgan fingerprint density at radius 3 is 1.33 bits per heavy atom. The lowest BCUT2D eigenvalue weighted by atomic mass is 9.78. The van der Waals surface area contributed by atoms with Crippen LogP contribution in [0.3, 0.4) is 0 Å². The first kappa shape index (κ1) is 78.0. The van der Waals surface area contributed by atoms with Crippen LogP contribution in [0, 0.1) is 13.0 Å². The highest BCUT2D eigenvalue weighted by atomic mass is 127. The molecule has 1 saturated heterocycles. The first-order chi connectivity index (χ1) is 52.8. The molecule has 0 radical (unpaired) electrons. The smallest absolute Gasteiger partial charge is 0.423 e. The number of carbonyl (C=O) groups excluding carboxylic acids is 1. The zero-order valence-corrected chi connectivity index (χ0v) is 68.7. The molecule has 1 amide bonds. The summed E-state index contributed by atoms with van der Waals surface area (Å²) in [5, 5.41) is 57.3. The van der Waals surface area contributed by atoms with Crippen molar-refractivity contribution >= 4 is 185 Å². The minimum Gasteiger partial charge on any atom is -0.423 e. The maximum Gasteiger partial charge on any atom is 0.494 e. The number of halogens is 5. The molecule has 552 valence electrons. The molecule has 0 aliphatic carbocycles. The fourth-order valence-corrected chi connectivity index (χ4v) is 14.0. The number of hydrogen-bond donors (Lipinski definition) is 6. The molecule has 6 aromatic heterocycles. The highest BCUT2D eigenvalue weighted by Crippen LogP contribution is 2.38. The lowest BCUT2D eigenvalue weighted by Gasteiger charge is -2.32. The molecule has 110 heavy (non-hydrogen) atoms. The van der Waals surface area contributed by atoms with Gasteiger partial charge in [0.2, 0.25) is 5.91 Å². The molecule has 0 unspecified atom stereocenters. The van der Waals surface area contributed by atoms with Crippen LogP contribution in [0.1, 0.15) is 33.3 Å². The summed E-state index contributed by atoms with van der Waals surface area (Å²) in [4.78, 5) is 11.5. The number of nitrogens with zero attached hydrogens (tertiary/aromatic N) is 10. The van der Waals surface area contributed by atoms with Crippen molar-refractivity contribution in [2.24, 2.45) is 28.2 Å². The number of nitrogen functional groups attached to an aromatic ring is 1. The van der Waals surface area contributed by atoms with Gasteiger partial charge in [0, 0.05) is 93.5 Å². The van der Waals surface area contributed by atoms with Crippen LogP contribution >= 0.6 is 77.0 Å². The molecule has 0 saturated carbocycles. The fourth-order valence-electron chi connectivity index (χ4n) is 12.4. The molecule has 7 N–H and O–H groups in total. The predicted molar refractivity (Wildman–Crippen MR) is 466 cm³/mol. The quantitative estimate of drug-likeness (QED) is 0.0517. The number of nitrogens with two attached hydrogens (primary N) is 1. The van der Waals surface area contributed by atoms with E-state index in [1.807, 2.05) is 126 Å². The number of aryl methyl sites for hydroxylation is 4. The van der Waals surface area contributed by atoms with Gasteiger partial charge >= 0.3 is 14.2 Å².